The number of hydrogen-bond acceptors (Lipinski definition) is 3. The van der Waals surface area contributed by atoms with E-state index in [0.717, 1.165) is 52.4 Å². The number of carbonyl (C=O) groups is 1. The minimum Gasteiger partial charge on any atom is -0.497 e. The third kappa shape index (κ3) is 3.50. The lowest BCUT2D eigenvalue weighted by Gasteiger charge is -2.41. The molecule has 1 fully saturated rings. The van der Waals surface area contributed by atoms with Crippen LogP contribution in [0.4, 0.5) is 0 Å². The molecule has 3 aromatic rings. The molecule has 2 heterocycles. The van der Waals surface area contributed by atoms with E-state index in [2.05, 4.69) is 23.2 Å². The zero-order chi connectivity index (χ0) is 19.7. The second-order valence-electron chi connectivity index (χ2n) is 7.30. The van der Waals surface area contributed by atoms with E-state index in [1.54, 1.807) is 7.11 Å². The maximum absolute atomic E-state index is 13.0. The molecule has 1 aliphatic rings. The Hall–Kier alpha value is -3.14. The normalized spacial score (nSPS) is 15.8. The SMILES string of the molecule is COc1cccc([C@@H]2CCN2C(=O)c2ccc(-c3cc(C)nc(C)c3)cc2)c1. The molecule has 1 saturated heterocycles. The van der Waals surface area contributed by atoms with E-state index in [9.17, 15) is 4.79 Å². The van der Waals surface area contributed by atoms with Crippen molar-refractivity contribution in [3.63, 3.8) is 0 Å². The van der Waals surface area contributed by atoms with Crippen molar-refractivity contribution in [2.24, 2.45) is 0 Å². The molecule has 0 N–H and O–H groups in total. The number of amides is 1. The van der Waals surface area contributed by atoms with Crippen molar-refractivity contribution in [3.8, 4) is 16.9 Å². The Morgan fingerprint density at radius 1 is 1.00 bits per heavy atom. The highest BCUT2D eigenvalue weighted by molar-refractivity contribution is 5.95. The first-order chi connectivity index (χ1) is 13.5. The Labute approximate surface area is 165 Å². The van der Waals surface area contributed by atoms with Gasteiger partial charge < -0.3 is 9.64 Å². The minimum atomic E-state index is 0.0766. The minimum absolute atomic E-state index is 0.0766. The van der Waals surface area contributed by atoms with Crippen LogP contribution < -0.4 is 4.74 Å². The summed E-state index contributed by atoms with van der Waals surface area (Å²) in [4.78, 5) is 19.4. The summed E-state index contributed by atoms with van der Waals surface area (Å²) in [6, 6.07) is 20.1. The van der Waals surface area contributed by atoms with Crippen LogP contribution in [-0.4, -0.2) is 29.4 Å². The van der Waals surface area contributed by atoms with E-state index in [4.69, 9.17) is 4.74 Å². The standard InChI is InChI=1S/C24H24N2O2/c1-16-13-21(14-17(2)25-16)18-7-9-19(10-8-18)24(27)26-12-11-23(26)20-5-4-6-22(15-20)28-3/h4-10,13-15,23H,11-12H2,1-3H3/t23-/m0/s1. The fourth-order valence-electron chi connectivity index (χ4n) is 3.80. The predicted molar refractivity (Wildman–Crippen MR) is 111 cm³/mol. The lowest BCUT2D eigenvalue weighted by atomic mass is 9.93. The van der Waals surface area contributed by atoms with E-state index >= 15 is 0 Å². The van der Waals surface area contributed by atoms with Gasteiger partial charge in [-0.15, -0.1) is 0 Å². The maximum Gasteiger partial charge on any atom is 0.254 e. The van der Waals surface area contributed by atoms with Crippen LogP contribution in [0.3, 0.4) is 0 Å². The molecule has 1 aliphatic heterocycles. The van der Waals surface area contributed by atoms with E-state index in [1.165, 1.54) is 0 Å². The molecule has 0 bridgehead atoms. The number of methoxy groups -OCH3 is 1. The van der Waals surface area contributed by atoms with E-state index in [-0.39, 0.29) is 11.9 Å². The molecule has 1 aromatic heterocycles. The highest BCUT2D eigenvalue weighted by Gasteiger charge is 2.34. The summed E-state index contributed by atoms with van der Waals surface area (Å²) in [6.45, 7) is 4.78. The number of nitrogens with zero attached hydrogens (tertiary/aromatic N) is 2. The lowest BCUT2D eigenvalue weighted by molar-refractivity contribution is 0.0460. The van der Waals surface area contributed by atoms with Crippen molar-refractivity contribution in [2.75, 3.05) is 13.7 Å². The molecule has 4 heteroatoms. The first kappa shape index (κ1) is 18.2. The van der Waals surface area contributed by atoms with Gasteiger partial charge in [-0.2, -0.15) is 0 Å². The predicted octanol–water partition coefficient (Wildman–Crippen LogP) is 4.96. The second kappa shape index (κ2) is 7.47. The van der Waals surface area contributed by atoms with Gasteiger partial charge in [0, 0.05) is 23.5 Å². The highest BCUT2D eigenvalue weighted by atomic mass is 16.5. The molecule has 1 amide bonds. The van der Waals surface area contributed by atoms with E-state index in [1.807, 2.05) is 61.2 Å². The largest absolute Gasteiger partial charge is 0.497 e. The number of likely N-dealkylation sites (tertiary alicyclic amines) is 1. The Morgan fingerprint density at radius 2 is 1.71 bits per heavy atom. The Kier molecular flexibility index (Phi) is 4.86. The van der Waals surface area contributed by atoms with Gasteiger partial charge in [-0.1, -0.05) is 24.3 Å². The smallest absolute Gasteiger partial charge is 0.254 e. The number of ether oxygens (including phenoxy) is 1. The molecular formula is C24H24N2O2. The Bertz CT molecular complexity index is 991. The van der Waals surface area contributed by atoms with Gasteiger partial charge in [-0.25, -0.2) is 0 Å². The third-order valence-corrected chi connectivity index (χ3v) is 5.31. The zero-order valence-electron chi connectivity index (χ0n) is 16.5. The Morgan fingerprint density at radius 3 is 2.32 bits per heavy atom. The van der Waals surface area contributed by atoms with Gasteiger partial charge in [-0.05, 0) is 73.4 Å². The molecule has 0 unspecified atom stereocenters. The molecule has 2 aromatic carbocycles. The average Bonchev–Trinajstić information content (AvgIpc) is 2.66. The zero-order valence-corrected chi connectivity index (χ0v) is 16.5. The first-order valence-corrected chi connectivity index (χ1v) is 9.56. The number of pyridine rings is 1. The number of aryl methyl sites for hydroxylation is 2. The van der Waals surface area contributed by atoms with Crippen LogP contribution in [0.1, 0.15) is 39.8 Å². The molecule has 4 nitrogen and oxygen atoms in total. The van der Waals surface area contributed by atoms with Gasteiger partial charge in [0.25, 0.3) is 5.91 Å². The fourth-order valence-corrected chi connectivity index (χ4v) is 3.80. The van der Waals surface area contributed by atoms with Gasteiger partial charge in [-0.3, -0.25) is 9.78 Å². The van der Waals surface area contributed by atoms with Crippen LogP contribution in [-0.2, 0) is 0 Å². The molecule has 1 atom stereocenters. The van der Waals surface area contributed by atoms with Crippen molar-refractivity contribution >= 4 is 5.91 Å². The second-order valence-corrected chi connectivity index (χ2v) is 7.30. The van der Waals surface area contributed by atoms with Crippen molar-refractivity contribution in [3.05, 3.63) is 83.2 Å². The van der Waals surface area contributed by atoms with Crippen LogP contribution in [0, 0.1) is 13.8 Å². The van der Waals surface area contributed by atoms with Gasteiger partial charge in [0.05, 0.1) is 13.2 Å². The number of benzene rings is 2. The lowest BCUT2D eigenvalue weighted by Crippen LogP contribution is -2.45. The Balaban J connectivity index is 1.53. The van der Waals surface area contributed by atoms with Crippen LogP contribution in [0.15, 0.2) is 60.7 Å². The monoisotopic (exact) mass is 372 g/mol. The summed E-state index contributed by atoms with van der Waals surface area (Å²) in [5.74, 6) is 0.900. The summed E-state index contributed by atoms with van der Waals surface area (Å²) in [6.07, 6.45) is 0.979. The molecule has 142 valence electrons. The highest BCUT2D eigenvalue weighted by Crippen LogP contribution is 2.36. The first-order valence-electron chi connectivity index (χ1n) is 9.56. The van der Waals surface area contributed by atoms with Gasteiger partial charge in [0.15, 0.2) is 0 Å². The van der Waals surface area contributed by atoms with Crippen molar-refractivity contribution in [1.29, 1.82) is 0 Å². The molecule has 4 rings (SSSR count). The molecule has 0 aliphatic carbocycles. The summed E-state index contributed by atoms with van der Waals surface area (Å²) in [5.41, 5.74) is 6.06. The summed E-state index contributed by atoms with van der Waals surface area (Å²) in [7, 11) is 1.66. The number of rotatable bonds is 4. The van der Waals surface area contributed by atoms with E-state index in [0.29, 0.717) is 0 Å². The summed E-state index contributed by atoms with van der Waals surface area (Å²) < 4.78 is 5.32. The van der Waals surface area contributed by atoms with Crippen LogP contribution in [0.25, 0.3) is 11.1 Å². The molecule has 0 radical (unpaired) electrons. The van der Waals surface area contributed by atoms with Crippen LogP contribution in [0.5, 0.6) is 5.75 Å². The molecule has 28 heavy (non-hydrogen) atoms. The summed E-state index contributed by atoms with van der Waals surface area (Å²) in [5, 5.41) is 0. The molecular weight excluding hydrogens is 348 g/mol. The third-order valence-electron chi connectivity index (χ3n) is 5.31. The van der Waals surface area contributed by atoms with E-state index < -0.39 is 0 Å². The van der Waals surface area contributed by atoms with Gasteiger partial charge in [0.1, 0.15) is 5.75 Å². The molecule has 0 saturated carbocycles. The number of hydrogen-bond donors (Lipinski definition) is 0. The number of carbonyl (C=O) groups excluding carboxylic acids is 1. The van der Waals surface area contributed by atoms with Crippen LogP contribution >= 0.6 is 0 Å². The topological polar surface area (TPSA) is 42.4 Å². The molecule has 0 spiro atoms. The van der Waals surface area contributed by atoms with Crippen molar-refractivity contribution in [1.82, 2.24) is 9.88 Å². The van der Waals surface area contributed by atoms with Gasteiger partial charge >= 0.3 is 0 Å². The quantitative estimate of drug-likeness (QED) is 0.650. The average molecular weight is 372 g/mol. The van der Waals surface area contributed by atoms with Crippen molar-refractivity contribution < 1.29 is 9.53 Å². The maximum atomic E-state index is 13.0. The summed E-state index contributed by atoms with van der Waals surface area (Å²) >= 11 is 0. The van der Waals surface area contributed by atoms with Crippen molar-refractivity contribution in [2.45, 2.75) is 26.3 Å². The van der Waals surface area contributed by atoms with Crippen LogP contribution in [0.2, 0.25) is 0 Å². The number of aromatic nitrogens is 1. The fraction of sp³-hybridized carbons (Fsp3) is 0.250. The van der Waals surface area contributed by atoms with Gasteiger partial charge in [0.2, 0.25) is 0 Å².